The molecular weight excluding hydrogens is 328 g/mol. The number of carbonyl (C=O) groups is 1. The Kier molecular flexibility index (Phi) is 4.49. The smallest absolute Gasteiger partial charge is 0.257 e. The SMILES string of the molecule is COc1c(F)ccc(C(=O)N(Cc2c(C)nn(C)c2C)C2CC2)c1F. The second-order valence-electron chi connectivity index (χ2n) is 6.38. The summed E-state index contributed by atoms with van der Waals surface area (Å²) in [5.41, 5.74) is 2.59. The Morgan fingerprint density at radius 2 is 2.04 bits per heavy atom. The van der Waals surface area contributed by atoms with Gasteiger partial charge in [-0.2, -0.15) is 5.10 Å². The van der Waals surface area contributed by atoms with E-state index >= 15 is 0 Å². The van der Waals surface area contributed by atoms with Crippen molar-refractivity contribution < 1.29 is 18.3 Å². The number of methoxy groups -OCH3 is 1. The highest BCUT2D eigenvalue weighted by Crippen LogP contribution is 2.33. The maximum atomic E-state index is 14.5. The Labute approximate surface area is 145 Å². The highest BCUT2D eigenvalue weighted by molar-refractivity contribution is 5.95. The lowest BCUT2D eigenvalue weighted by Crippen LogP contribution is -2.33. The zero-order valence-corrected chi connectivity index (χ0v) is 14.8. The Bertz CT molecular complexity index is 828. The van der Waals surface area contributed by atoms with E-state index in [1.165, 1.54) is 13.2 Å². The number of amides is 1. The zero-order valence-electron chi connectivity index (χ0n) is 14.8. The highest BCUT2D eigenvalue weighted by Gasteiger charge is 2.35. The normalized spacial score (nSPS) is 13.8. The van der Waals surface area contributed by atoms with Gasteiger partial charge in [0.15, 0.2) is 17.4 Å². The predicted molar refractivity (Wildman–Crippen MR) is 88.5 cm³/mol. The van der Waals surface area contributed by atoms with Crippen LogP contribution in [0.2, 0.25) is 0 Å². The summed E-state index contributed by atoms with van der Waals surface area (Å²) in [7, 11) is 3.02. The molecule has 1 fully saturated rings. The first kappa shape index (κ1) is 17.4. The average molecular weight is 349 g/mol. The molecule has 1 aromatic carbocycles. The third-order valence-electron chi connectivity index (χ3n) is 4.72. The fourth-order valence-electron chi connectivity index (χ4n) is 3.01. The molecule has 5 nitrogen and oxygen atoms in total. The lowest BCUT2D eigenvalue weighted by molar-refractivity contribution is 0.0723. The van der Waals surface area contributed by atoms with E-state index in [0.29, 0.717) is 6.54 Å². The molecule has 0 bridgehead atoms. The molecule has 0 aliphatic heterocycles. The van der Waals surface area contributed by atoms with Crippen molar-refractivity contribution in [3.8, 4) is 5.75 Å². The van der Waals surface area contributed by atoms with Gasteiger partial charge in [-0.1, -0.05) is 0 Å². The van der Waals surface area contributed by atoms with Gasteiger partial charge in [0.1, 0.15) is 0 Å². The number of aryl methyl sites for hydroxylation is 2. The van der Waals surface area contributed by atoms with Gasteiger partial charge in [-0.05, 0) is 38.8 Å². The molecule has 0 saturated heterocycles. The fraction of sp³-hybridized carbons (Fsp3) is 0.444. The Balaban J connectivity index is 1.95. The molecule has 2 aromatic rings. The van der Waals surface area contributed by atoms with Gasteiger partial charge < -0.3 is 9.64 Å². The van der Waals surface area contributed by atoms with Crippen LogP contribution in [-0.4, -0.2) is 33.7 Å². The predicted octanol–water partition coefficient (Wildman–Crippen LogP) is 3.13. The summed E-state index contributed by atoms with van der Waals surface area (Å²) in [5.74, 6) is -2.78. The van der Waals surface area contributed by atoms with Crippen LogP contribution in [0.3, 0.4) is 0 Å². The number of aromatic nitrogens is 2. The van der Waals surface area contributed by atoms with E-state index in [4.69, 9.17) is 4.74 Å². The van der Waals surface area contributed by atoms with Crippen LogP contribution in [-0.2, 0) is 13.6 Å². The van der Waals surface area contributed by atoms with Crippen molar-refractivity contribution in [2.75, 3.05) is 7.11 Å². The molecule has 1 heterocycles. The second-order valence-corrected chi connectivity index (χ2v) is 6.38. The quantitative estimate of drug-likeness (QED) is 0.833. The van der Waals surface area contributed by atoms with Gasteiger partial charge in [0.05, 0.1) is 18.4 Å². The summed E-state index contributed by atoms with van der Waals surface area (Å²) < 4.78 is 34.6. The van der Waals surface area contributed by atoms with Crippen LogP contribution in [0.1, 0.15) is 40.2 Å². The topological polar surface area (TPSA) is 47.4 Å². The zero-order chi connectivity index (χ0) is 18.3. The molecule has 1 aliphatic rings. The molecule has 7 heteroatoms. The molecule has 1 aromatic heterocycles. The summed E-state index contributed by atoms with van der Waals surface area (Å²) >= 11 is 0. The molecule has 0 N–H and O–H groups in total. The van der Waals surface area contributed by atoms with Gasteiger partial charge in [-0.25, -0.2) is 8.78 Å². The van der Waals surface area contributed by atoms with Crippen molar-refractivity contribution in [1.82, 2.24) is 14.7 Å². The molecule has 0 spiro atoms. The average Bonchev–Trinajstić information content (AvgIpc) is 3.36. The van der Waals surface area contributed by atoms with Crippen molar-refractivity contribution in [2.45, 2.75) is 39.3 Å². The number of nitrogens with zero attached hydrogens (tertiary/aromatic N) is 3. The third-order valence-corrected chi connectivity index (χ3v) is 4.72. The lowest BCUT2D eigenvalue weighted by Gasteiger charge is -2.23. The standard InChI is InChI=1S/C18H21F2N3O2/c1-10-14(11(2)22(3)21-10)9-23(12-5-6-12)18(24)13-7-8-15(19)17(25-4)16(13)20/h7-8,12H,5-6,9H2,1-4H3. The van der Waals surface area contributed by atoms with E-state index in [9.17, 15) is 13.6 Å². The number of ether oxygens (including phenoxy) is 1. The van der Waals surface area contributed by atoms with Crippen LogP contribution < -0.4 is 4.74 Å². The number of benzene rings is 1. The molecule has 3 rings (SSSR count). The summed E-state index contributed by atoms with van der Waals surface area (Å²) in [5, 5.41) is 4.37. The van der Waals surface area contributed by atoms with Crippen molar-refractivity contribution in [1.29, 1.82) is 0 Å². The summed E-state index contributed by atoms with van der Waals surface area (Å²) in [6.45, 7) is 4.18. The van der Waals surface area contributed by atoms with E-state index in [1.54, 1.807) is 9.58 Å². The van der Waals surface area contributed by atoms with Crippen LogP contribution in [0.5, 0.6) is 5.75 Å². The van der Waals surface area contributed by atoms with E-state index < -0.39 is 23.3 Å². The Morgan fingerprint density at radius 1 is 1.36 bits per heavy atom. The van der Waals surface area contributed by atoms with E-state index in [2.05, 4.69) is 5.10 Å². The van der Waals surface area contributed by atoms with Crippen molar-refractivity contribution in [3.63, 3.8) is 0 Å². The van der Waals surface area contributed by atoms with Gasteiger partial charge in [-0.15, -0.1) is 0 Å². The number of carbonyl (C=O) groups excluding carboxylic acids is 1. The maximum absolute atomic E-state index is 14.5. The van der Waals surface area contributed by atoms with Crippen molar-refractivity contribution >= 4 is 5.91 Å². The third kappa shape index (κ3) is 3.10. The first-order valence-electron chi connectivity index (χ1n) is 8.17. The van der Waals surface area contributed by atoms with Gasteiger partial charge in [-0.3, -0.25) is 9.48 Å². The molecule has 134 valence electrons. The number of hydrogen-bond donors (Lipinski definition) is 0. The fourth-order valence-corrected chi connectivity index (χ4v) is 3.01. The minimum absolute atomic E-state index is 0.0713. The first-order valence-corrected chi connectivity index (χ1v) is 8.17. The monoisotopic (exact) mass is 349 g/mol. The number of hydrogen-bond acceptors (Lipinski definition) is 3. The molecule has 1 amide bonds. The molecule has 1 aliphatic carbocycles. The molecule has 1 saturated carbocycles. The highest BCUT2D eigenvalue weighted by atomic mass is 19.1. The van der Waals surface area contributed by atoms with E-state index in [-0.39, 0.29) is 11.6 Å². The lowest BCUT2D eigenvalue weighted by atomic mass is 10.1. The van der Waals surface area contributed by atoms with Gasteiger partial charge >= 0.3 is 0 Å². The van der Waals surface area contributed by atoms with Gasteiger partial charge in [0.25, 0.3) is 5.91 Å². The maximum Gasteiger partial charge on any atom is 0.257 e. The molecule has 0 atom stereocenters. The van der Waals surface area contributed by atoms with Crippen molar-refractivity contribution in [3.05, 3.63) is 46.3 Å². The first-order chi connectivity index (χ1) is 11.8. The molecule has 0 radical (unpaired) electrons. The van der Waals surface area contributed by atoms with Crippen LogP contribution in [0.15, 0.2) is 12.1 Å². The van der Waals surface area contributed by atoms with Crippen LogP contribution in [0, 0.1) is 25.5 Å². The van der Waals surface area contributed by atoms with Crippen LogP contribution >= 0.6 is 0 Å². The van der Waals surface area contributed by atoms with Crippen LogP contribution in [0.4, 0.5) is 8.78 Å². The van der Waals surface area contributed by atoms with Gasteiger partial charge in [0, 0.05) is 30.9 Å². The summed E-state index contributed by atoms with van der Waals surface area (Å²) in [6.07, 6.45) is 1.76. The summed E-state index contributed by atoms with van der Waals surface area (Å²) in [4.78, 5) is 14.6. The molecule has 0 unspecified atom stereocenters. The van der Waals surface area contributed by atoms with Crippen molar-refractivity contribution in [2.24, 2.45) is 7.05 Å². The second kappa shape index (κ2) is 6.46. The number of rotatable bonds is 5. The largest absolute Gasteiger partial charge is 0.491 e. The van der Waals surface area contributed by atoms with Gasteiger partial charge in [0.2, 0.25) is 0 Å². The van der Waals surface area contributed by atoms with E-state index in [1.807, 2.05) is 20.9 Å². The van der Waals surface area contributed by atoms with E-state index in [0.717, 1.165) is 35.9 Å². The molecular formula is C18H21F2N3O2. The summed E-state index contributed by atoms with van der Waals surface area (Å²) in [6, 6.07) is 2.30. The minimum Gasteiger partial charge on any atom is -0.491 e. The number of halogens is 2. The molecule has 25 heavy (non-hydrogen) atoms. The minimum atomic E-state index is -0.960. The Hall–Kier alpha value is -2.44. The van der Waals surface area contributed by atoms with Crippen LogP contribution in [0.25, 0.3) is 0 Å². The Morgan fingerprint density at radius 3 is 2.56 bits per heavy atom.